The number of ether oxygens (including phenoxy) is 1. The van der Waals surface area contributed by atoms with Crippen molar-refractivity contribution < 1.29 is 14.6 Å². The van der Waals surface area contributed by atoms with E-state index in [2.05, 4.69) is 5.10 Å². The molecule has 27 heavy (non-hydrogen) atoms. The lowest BCUT2D eigenvalue weighted by atomic mass is 9.97. The molecule has 0 bridgehead atoms. The van der Waals surface area contributed by atoms with E-state index < -0.39 is 5.60 Å². The minimum atomic E-state index is -0.531. The molecule has 1 amide bonds. The molecule has 1 N–H and O–H groups in total. The fraction of sp³-hybridized carbons (Fsp3) is 0.650. The highest BCUT2D eigenvalue weighted by Crippen LogP contribution is 2.34. The maximum absolute atomic E-state index is 12.7. The van der Waals surface area contributed by atoms with Crippen LogP contribution in [0.2, 0.25) is 0 Å². The number of nitrogens with zero attached hydrogens (tertiary/aromatic N) is 4. The molecule has 146 valence electrons. The number of carbonyl (C=O) groups is 1. The van der Waals surface area contributed by atoms with Crippen molar-refractivity contribution in [2.45, 2.75) is 77.4 Å². The van der Waals surface area contributed by atoms with Crippen molar-refractivity contribution >= 4 is 11.7 Å². The zero-order valence-corrected chi connectivity index (χ0v) is 16.4. The molecule has 1 aliphatic heterocycles. The Labute approximate surface area is 159 Å². The smallest absolute Gasteiger partial charge is 0.410 e. The summed E-state index contributed by atoms with van der Waals surface area (Å²) in [6, 6.07) is 1.76. The molecule has 0 aromatic carbocycles. The molecule has 4 rings (SSSR count). The lowest BCUT2D eigenvalue weighted by Gasteiger charge is -2.35. The molecule has 0 saturated carbocycles. The van der Waals surface area contributed by atoms with Crippen LogP contribution in [0.4, 0.5) is 4.79 Å². The second kappa shape index (κ2) is 6.69. The molecule has 0 spiro atoms. The van der Waals surface area contributed by atoms with Crippen molar-refractivity contribution in [1.29, 1.82) is 0 Å². The Morgan fingerprint density at radius 3 is 2.78 bits per heavy atom. The summed E-state index contributed by atoms with van der Waals surface area (Å²) in [5.74, 6) is 0.195. The molecule has 1 aliphatic carbocycles. The number of hydrogen-bond acceptors (Lipinski definition) is 5. The van der Waals surface area contributed by atoms with Crippen LogP contribution in [0.25, 0.3) is 5.65 Å². The minimum Gasteiger partial charge on any atom is -0.493 e. The standard InChI is InChI=1S/C20H28N4O3/c1-20(2,3)27-19(26)23-11-7-6-10-16(23)15-12-17-21-14-9-5-4-8-13(14)18(25)24(17)22-15/h12,16,25H,4-11H2,1-3H3. The van der Waals surface area contributed by atoms with Crippen LogP contribution in [0, 0.1) is 0 Å². The number of carbonyl (C=O) groups excluding carboxylic acids is 1. The number of piperidine rings is 1. The summed E-state index contributed by atoms with van der Waals surface area (Å²) < 4.78 is 7.12. The van der Waals surface area contributed by atoms with E-state index in [1.165, 1.54) is 4.52 Å². The van der Waals surface area contributed by atoms with E-state index in [0.717, 1.165) is 61.9 Å². The quantitative estimate of drug-likeness (QED) is 0.824. The highest BCUT2D eigenvalue weighted by atomic mass is 16.6. The van der Waals surface area contributed by atoms with Crippen LogP contribution in [0.15, 0.2) is 6.07 Å². The Morgan fingerprint density at radius 1 is 1.22 bits per heavy atom. The number of likely N-dealkylation sites (tertiary alicyclic amines) is 1. The molecule has 1 saturated heterocycles. The first-order chi connectivity index (χ1) is 12.8. The first kappa shape index (κ1) is 18.1. The van der Waals surface area contributed by atoms with Gasteiger partial charge in [0, 0.05) is 18.2 Å². The van der Waals surface area contributed by atoms with E-state index in [0.29, 0.717) is 12.2 Å². The molecule has 7 nitrogen and oxygen atoms in total. The second-order valence-electron chi connectivity index (χ2n) is 8.59. The monoisotopic (exact) mass is 372 g/mol. The van der Waals surface area contributed by atoms with Gasteiger partial charge in [-0.3, -0.25) is 4.90 Å². The molecule has 1 atom stereocenters. The van der Waals surface area contributed by atoms with Gasteiger partial charge in [-0.05, 0) is 65.7 Å². The molecule has 2 aromatic heterocycles. The molecule has 3 heterocycles. The van der Waals surface area contributed by atoms with Gasteiger partial charge in [-0.15, -0.1) is 0 Å². The van der Waals surface area contributed by atoms with Crippen LogP contribution >= 0.6 is 0 Å². The Balaban J connectivity index is 1.69. The molecule has 7 heteroatoms. The van der Waals surface area contributed by atoms with Crippen LogP contribution in [-0.4, -0.2) is 42.8 Å². The van der Waals surface area contributed by atoms with Gasteiger partial charge in [0.05, 0.1) is 17.4 Å². The fourth-order valence-electron chi connectivity index (χ4n) is 4.09. The van der Waals surface area contributed by atoms with E-state index in [-0.39, 0.29) is 18.0 Å². The van der Waals surface area contributed by atoms with E-state index in [1.807, 2.05) is 26.8 Å². The van der Waals surface area contributed by atoms with Crippen molar-refractivity contribution in [3.8, 4) is 5.88 Å². The molecule has 2 aromatic rings. The number of aryl methyl sites for hydroxylation is 1. The van der Waals surface area contributed by atoms with Gasteiger partial charge >= 0.3 is 6.09 Å². The number of fused-ring (bicyclic) bond motifs is 2. The molecular formula is C20H28N4O3. The van der Waals surface area contributed by atoms with Crippen LogP contribution in [0.5, 0.6) is 5.88 Å². The molecule has 0 radical (unpaired) electrons. The van der Waals surface area contributed by atoms with Crippen molar-refractivity contribution in [2.24, 2.45) is 0 Å². The highest BCUT2D eigenvalue weighted by molar-refractivity contribution is 5.69. The van der Waals surface area contributed by atoms with Crippen molar-refractivity contribution in [3.05, 3.63) is 23.0 Å². The predicted molar refractivity (Wildman–Crippen MR) is 101 cm³/mol. The van der Waals surface area contributed by atoms with Gasteiger partial charge in [-0.1, -0.05) is 0 Å². The molecule has 1 unspecified atom stereocenters. The number of rotatable bonds is 1. The van der Waals surface area contributed by atoms with Crippen molar-refractivity contribution in [3.63, 3.8) is 0 Å². The van der Waals surface area contributed by atoms with Gasteiger partial charge < -0.3 is 9.84 Å². The average molecular weight is 372 g/mol. The normalized spacial score (nSPS) is 20.6. The fourth-order valence-corrected chi connectivity index (χ4v) is 4.09. The summed E-state index contributed by atoms with van der Waals surface area (Å²) in [4.78, 5) is 19.2. The van der Waals surface area contributed by atoms with Crippen LogP contribution in [0.1, 0.15) is 75.9 Å². The molecular weight excluding hydrogens is 344 g/mol. The van der Waals surface area contributed by atoms with Gasteiger partial charge in [0.1, 0.15) is 5.60 Å². The Kier molecular flexibility index (Phi) is 4.48. The Bertz CT molecular complexity index is 868. The van der Waals surface area contributed by atoms with Crippen LogP contribution in [-0.2, 0) is 17.6 Å². The van der Waals surface area contributed by atoms with Crippen LogP contribution in [0.3, 0.4) is 0 Å². The van der Waals surface area contributed by atoms with Crippen molar-refractivity contribution in [2.75, 3.05) is 6.54 Å². The summed E-state index contributed by atoms with van der Waals surface area (Å²) >= 11 is 0. The largest absolute Gasteiger partial charge is 0.493 e. The van der Waals surface area contributed by atoms with Crippen LogP contribution < -0.4 is 0 Å². The summed E-state index contributed by atoms with van der Waals surface area (Å²) in [5, 5.41) is 15.3. The lowest BCUT2D eigenvalue weighted by molar-refractivity contribution is 0.00897. The average Bonchev–Trinajstić information content (AvgIpc) is 3.05. The molecule has 2 aliphatic rings. The van der Waals surface area contributed by atoms with Gasteiger partial charge in [-0.2, -0.15) is 9.61 Å². The second-order valence-corrected chi connectivity index (χ2v) is 8.59. The van der Waals surface area contributed by atoms with E-state index in [4.69, 9.17) is 9.72 Å². The topological polar surface area (TPSA) is 80.0 Å². The third-order valence-corrected chi connectivity index (χ3v) is 5.34. The van der Waals surface area contributed by atoms with E-state index in [9.17, 15) is 9.90 Å². The van der Waals surface area contributed by atoms with Gasteiger partial charge in [0.2, 0.25) is 5.88 Å². The SMILES string of the molecule is CC(C)(C)OC(=O)N1CCCCC1c1cc2nc3c(c(O)n2n1)CCCC3. The number of aromatic nitrogens is 3. The Hall–Kier alpha value is -2.31. The first-order valence-corrected chi connectivity index (χ1v) is 9.93. The zero-order valence-electron chi connectivity index (χ0n) is 16.4. The minimum absolute atomic E-state index is 0.147. The van der Waals surface area contributed by atoms with Gasteiger partial charge in [-0.25, -0.2) is 9.78 Å². The van der Waals surface area contributed by atoms with E-state index >= 15 is 0 Å². The number of hydrogen-bond donors (Lipinski definition) is 1. The summed E-state index contributed by atoms with van der Waals surface area (Å²) in [7, 11) is 0. The summed E-state index contributed by atoms with van der Waals surface area (Å²) in [6.45, 7) is 6.28. The van der Waals surface area contributed by atoms with Gasteiger partial charge in [0.15, 0.2) is 5.65 Å². The third-order valence-electron chi connectivity index (χ3n) is 5.34. The predicted octanol–water partition coefficient (Wildman–Crippen LogP) is 3.78. The number of aromatic hydroxyl groups is 1. The molecule has 1 fully saturated rings. The highest BCUT2D eigenvalue weighted by Gasteiger charge is 2.33. The number of amides is 1. The van der Waals surface area contributed by atoms with Crippen molar-refractivity contribution in [1.82, 2.24) is 19.5 Å². The lowest BCUT2D eigenvalue weighted by Crippen LogP contribution is -2.42. The Morgan fingerprint density at radius 2 is 2.00 bits per heavy atom. The van der Waals surface area contributed by atoms with E-state index in [1.54, 1.807) is 4.90 Å². The first-order valence-electron chi connectivity index (χ1n) is 9.93. The maximum atomic E-state index is 12.7. The third kappa shape index (κ3) is 3.47. The zero-order chi connectivity index (χ0) is 19.2. The summed E-state index contributed by atoms with van der Waals surface area (Å²) in [5.41, 5.74) is 2.78. The van der Waals surface area contributed by atoms with Gasteiger partial charge in [0.25, 0.3) is 0 Å². The summed E-state index contributed by atoms with van der Waals surface area (Å²) in [6.07, 6.45) is 6.43. The maximum Gasteiger partial charge on any atom is 0.410 e.